The van der Waals surface area contributed by atoms with Gasteiger partial charge in [-0.15, -0.1) is 0 Å². The number of carbonyl (C=O) groups excluding carboxylic acids is 2. The van der Waals surface area contributed by atoms with Gasteiger partial charge in [0.05, 0.1) is 4.90 Å². The SMILES string of the molecule is Cc1ccc(S(=O)(=O)N2CCCCC2CCNC(=O)C(=O)NCCC(C)C)cc1. The molecule has 2 N–H and O–H groups in total. The summed E-state index contributed by atoms with van der Waals surface area (Å²) in [6.45, 7) is 7.22. The lowest BCUT2D eigenvalue weighted by Crippen LogP contribution is -2.46. The molecule has 0 spiro atoms. The van der Waals surface area contributed by atoms with Crippen LogP contribution in [0.25, 0.3) is 0 Å². The van der Waals surface area contributed by atoms with Crippen molar-refractivity contribution >= 4 is 21.8 Å². The Bertz CT molecular complexity index is 791. The summed E-state index contributed by atoms with van der Waals surface area (Å²) >= 11 is 0. The zero-order chi connectivity index (χ0) is 21.4. The van der Waals surface area contributed by atoms with Crippen LogP contribution < -0.4 is 10.6 Å². The van der Waals surface area contributed by atoms with Gasteiger partial charge in [-0.2, -0.15) is 4.31 Å². The van der Waals surface area contributed by atoms with E-state index in [4.69, 9.17) is 0 Å². The third-order valence-corrected chi connectivity index (χ3v) is 7.14. The van der Waals surface area contributed by atoms with Crippen molar-refractivity contribution in [3.8, 4) is 0 Å². The van der Waals surface area contributed by atoms with Gasteiger partial charge in [0, 0.05) is 25.7 Å². The first-order chi connectivity index (χ1) is 13.7. The van der Waals surface area contributed by atoms with Crippen molar-refractivity contribution < 1.29 is 18.0 Å². The fraction of sp³-hybridized carbons (Fsp3) is 0.619. The van der Waals surface area contributed by atoms with Gasteiger partial charge >= 0.3 is 11.8 Å². The van der Waals surface area contributed by atoms with Crippen molar-refractivity contribution in [2.24, 2.45) is 5.92 Å². The predicted molar refractivity (Wildman–Crippen MR) is 113 cm³/mol. The molecule has 1 aliphatic rings. The molecule has 1 atom stereocenters. The first-order valence-corrected chi connectivity index (χ1v) is 11.8. The van der Waals surface area contributed by atoms with Crippen LogP contribution in [0.5, 0.6) is 0 Å². The minimum absolute atomic E-state index is 0.181. The number of carbonyl (C=O) groups is 2. The molecule has 1 aromatic rings. The summed E-state index contributed by atoms with van der Waals surface area (Å²) in [6, 6.07) is 6.69. The van der Waals surface area contributed by atoms with E-state index in [9.17, 15) is 18.0 Å². The predicted octanol–water partition coefficient (Wildman–Crippen LogP) is 2.21. The molecule has 1 aromatic carbocycles. The van der Waals surface area contributed by atoms with Gasteiger partial charge in [-0.1, -0.05) is 38.0 Å². The van der Waals surface area contributed by atoms with Crippen LogP contribution in [-0.2, 0) is 19.6 Å². The number of amides is 2. The fourth-order valence-corrected chi connectivity index (χ4v) is 5.14. The highest BCUT2D eigenvalue weighted by Crippen LogP contribution is 2.27. The van der Waals surface area contributed by atoms with Gasteiger partial charge in [-0.05, 0) is 50.7 Å². The molecule has 29 heavy (non-hydrogen) atoms. The lowest BCUT2D eigenvalue weighted by Gasteiger charge is -2.34. The summed E-state index contributed by atoms with van der Waals surface area (Å²) in [5.74, 6) is -0.859. The fourth-order valence-electron chi connectivity index (χ4n) is 3.41. The summed E-state index contributed by atoms with van der Waals surface area (Å²) in [7, 11) is -3.57. The Morgan fingerprint density at radius 3 is 2.31 bits per heavy atom. The highest BCUT2D eigenvalue weighted by atomic mass is 32.2. The van der Waals surface area contributed by atoms with Crippen LogP contribution in [0.15, 0.2) is 29.2 Å². The molecule has 1 unspecified atom stereocenters. The van der Waals surface area contributed by atoms with Crippen molar-refractivity contribution in [2.75, 3.05) is 19.6 Å². The molecule has 0 radical (unpaired) electrons. The number of nitrogens with zero attached hydrogens (tertiary/aromatic N) is 1. The number of rotatable bonds is 8. The van der Waals surface area contributed by atoms with E-state index < -0.39 is 21.8 Å². The quantitative estimate of drug-likeness (QED) is 0.627. The Hall–Kier alpha value is -1.93. The molecule has 2 rings (SSSR count). The summed E-state index contributed by atoms with van der Waals surface area (Å²) in [4.78, 5) is 24.0. The standard InChI is InChI=1S/C21H33N3O4S/c1-16(2)11-13-22-20(25)21(26)23-14-12-18-6-4-5-15-24(18)29(27,28)19-9-7-17(3)8-10-19/h7-10,16,18H,4-6,11-15H2,1-3H3,(H,22,25)(H,23,26). The molecule has 1 fully saturated rings. The van der Waals surface area contributed by atoms with Crippen LogP contribution in [0.3, 0.4) is 0 Å². The van der Waals surface area contributed by atoms with E-state index in [0.29, 0.717) is 30.3 Å². The number of aryl methyl sites for hydroxylation is 1. The van der Waals surface area contributed by atoms with Gasteiger partial charge < -0.3 is 10.6 Å². The van der Waals surface area contributed by atoms with Crippen LogP contribution >= 0.6 is 0 Å². The van der Waals surface area contributed by atoms with Gasteiger partial charge in [0.1, 0.15) is 0 Å². The zero-order valence-electron chi connectivity index (χ0n) is 17.6. The summed E-state index contributed by atoms with van der Waals surface area (Å²) in [6.07, 6.45) is 3.82. The summed E-state index contributed by atoms with van der Waals surface area (Å²) < 4.78 is 27.7. The number of nitrogens with one attached hydrogen (secondary N) is 2. The molecule has 8 heteroatoms. The normalized spacial score (nSPS) is 17.9. The van der Waals surface area contributed by atoms with Gasteiger partial charge in [0.25, 0.3) is 0 Å². The minimum atomic E-state index is -3.57. The van der Waals surface area contributed by atoms with Crippen LogP contribution in [-0.4, -0.2) is 50.2 Å². The largest absolute Gasteiger partial charge is 0.348 e. The van der Waals surface area contributed by atoms with Crippen molar-refractivity contribution in [1.29, 1.82) is 0 Å². The van der Waals surface area contributed by atoms with Crippen LogP contribution in [0.2, 0.25) is 0 Å². The van der Waals surface area contributed by atoms with Crippen molar-refractivity contribution in [1.82, 2.24) is 14.9 Å². The molecule has 2 amide bonds. The average molecular weight is 424 g/mol. The Kier molecular flexibility index (Phi) is 8.64. The molecule has 1 heterocycles. The maximum absolute atomic E-state index is 13.1. The highest BCUT2D eigenvalue weighted by Gasteiger charge is 2.33. The molecule has 7 nitrogen and oxygen atoms in total. The van der Waals surface area contributed by atoms with Crippen LogP contribution in [0, 0.1) is 12.8 Å². The molecule has 0 aromatic heterocycles. The molecular formula is C21H33N3O4S. The molecule has 162 valence electrons. The van der Waals surface area contributed by atoms with Gasteiger partial charge in [0.2, 0.25) is 10.0 Å². The lowest BCUT2D eigenvalue weighted by molar-refractivity contribution is -0.139. The Morgan fingerprint density at radius 1 is 1.07 bits per heavy atom. The first-order valence-electron chi connectivity index (χ1n) is 10.4. The zero-order valence-corrected chi connectivity index (χ0v) is 18.4. The third-order valence-electron chi connectivity index (χ3n) is 5.18. The lowest BCUT2D eigenvalue weighted by atomic mass is 10.0. The van der Waals surface area contributed by atoms with E-state index in [1.165, 1.54) is 0 Å². The second-order valence-electron chi connectivity index (χ2n) is 8.06. The molecular weight excluding hydrogens is 390 g/mol. The second-order valence-corrected chi connectivity index (χ2v) is 9.95. The Labute approximate surface area is 174 Å². The van der Waals surface area contributed by atoms with E-state index >= 15 is 0 Å². The highest BCUT2D eigenvalue weighted by molar-refractivity contribution is 7.89. The summed E-state index contributed by atoms with van der Waals surface area (Å²) in [5, 5.41) is 5.22. The van der Waals surface area contributed by atoms with Crippen molar-refractivity contribution in [3.63, 3.8) is 0 Å². The van der Waals surface area contributed by atoms with E-state index in [1.807, 2.05) is 20.8 Å². The number of sulfonamides is 1. The van der Waals surface area contributed by atoms with Gasteiger partial charge in [-0.25, -0.2) is 8.42 Å². The van der Waals surface area contributed by atoms with Gasteiger partial charge in [0.15, 0.2) is 0 Å². The molecule has 0 saturated carbocycles. The van der Waals surface area contributed by atoms with Crippen LogP contribution in [0.1, 0.15) is 51.5 Å². The maximum atomic E-state index is 13.1. The maximum Gasteiger partial charge on any atom is 0.309 e. The van der Waals surface area contributed by atoms with E-state index in [2.05, 4.69) is 10.6 Å². The molecule has 1 aliphatic heterocycles. The van der Waals surface area contributed by atoms with Crippen molar-refractivity contribution in [3.05, 3.63) is 29.8 Å². The topological polar surface area (TPSA) is 95.6 Å². The van der Waals surface area contributed by atoms with Crippen LogP contribution in [0.4, 0.5) is 0 Å². The van der Waals surface area contributed by atoms with Gasteiger partial charge in [-0.3, -0.25) is 9.59 Å². The summed E-state index contributed by atoms with van der Waals surface area (Å²) in [5.41, 5.74) is 1.01. The monoisotopic (exact) mass is 423 g/mol. The number of piperidine rings is 1. The average Bonchev–Trinajstić information content (AvgIpc) is 2.68. The van der Waals surface area contributed by atoms with E-state index in [0.717, 1.165) is 31.2 Å². The number of hydrogen-bond donors (Lipinski definition) is 2. The van der Waals surface area contributed by atoms with Crippen molar-refractivity contribution in [2.45, 2.75) is 63.8 Å². The minimum Gasteiger partial charge on any atom is -0.348 e. The molecule has 0 bridgehead atoms. The second kappa shape index (κ2) is 10.7. The van der Waals surface area contributed by atoms with E-state index in [1.54, 1.807) is 28.6 Å². The molecule has 0 aliphatic carbocycles. The first kappa shape index (κ1) is 23.3. The third kappa shape index (κ3) is 6.82. The smallest absolute Gasteiger partial charge is 0.309 e. The number of benzene rings is 1. The Morgan fingerprint density at radius 2 is 1.69 bits per heavy atom. The molecule has 1 saturated heterocycles. The van der Waals surface area contributed by atoms with E-state index in [-0.39, 0.29) is 12.6 Å². The Balaban J connectivity index is 1.90. The number of hydrogen-bond acceptors (Lipinski definition) is 4.